The Kier molecular flexibility index (Phi) is 5.21. The van der Waals surface area contributed by atoms with Crippen LogP contribution in [0.2, 0.25) is 18.1 Å². The first-order valence-corrected chi connectivity index (χ1v) is 13.1. The van der Waals surface area contributed by atoms with Gasteiger partial charge in [0.25, 0.3) is 0 Å². The second-order valence-electron chi connectivity index (χ2n) is 10.1. The van der Waals surface area contributed by atoms with Gasteiger partial charge in [-0.15, -0.1) is 0 Å². The first-order chi connectivity index (χ1) is 12.1. The molecule has 26 heavy (non-hydrogen) atoms. The molecule has 144 valence electrons. The highest BCUT2D eigenvalue weighted by Gasteiger charge is 2.54. The van der Waals surface area contributed by atoms with E-state index >= 15 is 0 Å². The highest BCUT2D eigenvalue weighted by atomic mass is 28.4. The summed E-state index contributed by atoms with van der Waals surface area (Å²) in [5, 5.41) is 0.230. The van der Waals surface area contributed by atoms with E-state index in [2.05, 4.69) is 51.8 Å². The Hall–Kier alpha value is -1.00. The molecule has 0 aromatic carbocycles. The summed E-state index contributed by atoms with van der Waals surface area (Å²) < 4.78 is 6.39. The van der Waals surface area contributed by atoms with Crippen LogP contribution in [0, 0.1) is 11.8 Å². The lowest BCUT2D eigenvalue weighted by molar-refractivity contribution is -0.130. The third-order valence-corrected chi connectivity index (χ3v) is 11.7. The lowest BCUT2D eigenvalue weighted by atomic mass is 9.61. The average molecular weight is 374 g/mol. The zero-order chi connectivity index (χ0) is 19.2. The van der Waals surface area contributed by atoms with E-state index in [1.54, 1.807) is 0 Å². The van der Waals surface area contributed by atoms with E-state index in [0.29, 0.717) is 24.0 Å². The maximum Gasteiger partial charge on any atom is 0.191 e. The number of fused-ring (bicyclic) bond motifs is 3. The van der Waals surface area contributed by atoms with Crippen LogP contribution in [0.1, 0.15) is 64.6 Å². The molecule has 0 N–H and O–H groups in total. The number of carbonyl (C=O) groups excluding carboxylic acids is 1. The van der Waals surface area contributed by atoms with Gasteiger partial charge in [0.2, 0.25) is 0 Å². The van der Waals surface area contributed by atoms with Crippen LogP contribution < -0.4 is 0 Å². The van der Waals surface area contributed by atoms with E-state index in [9.17, 15) is 4.79 Å². The largest absolute Gasteiger partial charge is 0.417 e. The standard InChI is InChI=1S/C22H35NO2Si/c1-16-13-17-15-19-18(9-7-11-23-19)22(17,20(24)14-16)10-8-12-25-26(5,6)21(2,3)4/h7,9,11,16-17H,8,10,12-15H2,1-6H3/t16-,17-,22-/m0/s1. The van der Waals surface area contributed by atoms with Gasteiger partial charge in [-0.2, -0.15) is 0 Å². The second-order valence-corrected chi connectivity index (χ2v) is 14.9. The Labute approximate surface area is 160 Å². The summed E-state index contributed by atoms with van der Waals surface area (Å²) in [6.07, 6.45) is 6.57. The molecule has 0 spiro atoms. The van der Waals surface area contributed by atoms with E-state index in [4.69, 9.17) is 4.43 Å². The fraction of sp³-hybridized carbons (Fsp3) is 0.727. The monoisotopic (exact) mass is 373 g/mol. The minimum Gasteiger partial charge on any atom is -0.417 e. The molecule has 1 aromatic heterocycles. The van der Waals surface area contributed by atoms with Crippen molar-refractivity contribution in [2.75, 3.05) is 6.61 Å². The summed E-state index contributed by atoms with van der Waals surface area (Å²) >= 11 is 0. The van der Waals surface area contributed by atoms with Gasteiger partial charge < -0.3 is 4.43 Å². The van der Waals surface area contributed by atoms with Crippen LogP contribution in [-0.4, -0.2) is 25.7 Å². The van der Waals surface area contributed by atoms with Gasteiger partial charge in [0.1, 0.15) is 5.78 Å². The maximum atomic E-state index is 13.3. The van der Waals surface area contributed by atoms with Gasteiger partial charge in [0.05, 0.1) is 5.41 Å². The molecular formula is C22H35NO2Si. The first kappa shape index (κ1) is 19.8. The predicted molar refractivity (Wildman–Crippen MR) is 109 cm³/mol. The summed E-state index contributed by atoms with van der Waals surface area (Å²) in [5.74, 6) is 1.37. The molecule has 3 atom stereocenters. The highest BCUT2D eigenvalue weighted by molar-refractivity contribution is 6.74. The summed E-state index contributed by atoms with van der Waals surface area (Å²) in [4.78, 5) is 17.9. The van der Waals surface area contributed by atoms with E-state index in [1.807, 2.05) is 12.3 Å². The summed E-state index contributed by atoms with van der Waals surface area (Å²) in [6, 6.07) is 4.16. The summed E-state index contributed by atoms with van der Waals surface area (Å²) in [5.41, 5.74) is 2.08. The molecule has 3 nitrogen and oxygen atoms in total. The van der Waals surface area contributed by atoms with E-state index in [1.165, 1.54) is 5.56 Å². The minimum absolute atomic E-state index is 0.230. The molecule has 1 fully saturated rings. The van der Waals surface area contributed by atoms with Crippen molar-refractivity contribution in [3.8, 4) is 0 Å². The second kappa shape index (κ2) is 6.86. The Bertz CT molecular complexity index is 679. The van der Waals surface area contributed by atoms with Crippen molar-refractivity contribution in [1.29, 1.82) is 0 Å². The molecule has 1 aromatic rings. The molecule has 0 amide bonds. The topological polar surface area (TPSA) is 39.2 Å². The number of carbonyl (C=O) groups is 1. The molecule has 0 aliphatic heterocycles. The van der Waals surface area contributed by atoms with Crippen molar-refractivity contribution in [2.45, 2.75) is 83.3 Å². The van der Waals surface area contributed by atoms with Crippen LogP contribution in [0.15, 0.2) is 18.3 Å². The van der Waals surface area contributed by atoms with Crippen LogP contribution in [0.5, 0.6) is 0 Å². The molecular weight excluding hydrogens is 338 g/mol. The van der Waals surface area contributed by atoms with Crippen molar-refractivity contribution in [1.82, 2.24) is 4.98 Å². The number of ketones is 1. The van der Waals surface area contributed by atoms with Crippen LogP contribution in [0.3, 0.4) is 0 Å². The number of rotatable bonds is 5. The minimum atomic E-state index is -1.72. The lowest BCUT2D eigenvalue weighted by Crippen LogP contribution is -2.46. The Morgan fingerprint density at radius 2 is 2.04 bits per heavy atom. The molecule has 0 radical (unpaired) electrons. The molecule has 1 saturated carbocycles. The highest BCUT2D eigenvalue weighted by Crippen LogP contribution is 2.53. The first-order valence-electron chi connectivity index (χ1n) is 10.2. The van der Waals surface area contributed by atoms with Gasteiger partial charge in [0.15, 0.2) is 8.32 Å². The molecule has 0 unspecified atom stereocenters. The Morgan fingerprint density at radius 1 is 1.31 bits per heavy atom. The van der Waals surface area contributed by atoms with Gasteiger partial charge in [-0.1, -0.05) is 33.8 Å². The number of pyridine rings is 1. The number of aromatic nitrogens is 1. The molecule has 1 heterocycles. The van der Waals surface area contributed by atoms with Crippen molar-refractivity contribution in [2.24, 2.45) is 11.8 Å². The van der Waals surface area contributed by atoms with E-state index < -0.39 is 8.32 Å². The molecule has 3 rings (SSSR count). The lowest BCUT2D eigenvalue weighted by Gasteiger charge is -2.41. The fourth-order valence-corrected chi connectivity index (χ4v) is 5.83. The van der Waals surface area contributed by atoms with Gasteiger partial charge >= 0.3 is 0 Å². The third-order valence-electron chi connectivity index (χ3n) is 7.21. The summed E-state index contributed by atoms with van der Waals surface area (Å²) in [6.45, 7) is 14.4. The average Bonchev–Trinajstić information content (AvgIpc) is 2.85. The quantitative estimate of drug-likeness (QED) is 0.520. The number of Topliss-reactive ketones (excluding diaryl/α,β-unsaturated/α-hetero) is 1. The SMILES string of the molecule is C[C@@H]1CC(=O)[C@]2(CCCO[Si](C)(C)C(C)(C)C)c3cccnc3C[C@@H]2C1. The number of hydrogen-bond donors (Lipinski definition) is 0. The van der Waals surface area contributed by atoms with Crippen LogP contribution >= 0.6 is 0 Å². The van der Waals surface area contributed by atoms with Crippen molar-refractivity contribution < 1.29 is 9.22 Å². The van der Waals surface area contributed by atoms with Crippen LogP contribution in [0.25, 0.3) is 0 Å². The zero-order valence-corrected chi connectivity index (χ0v) is 18.4. The van der Waals surface area contributed by atoms with Crippen LogP contribution in [0.4, 0.5) is 0 Å². The normalized spacial score (nSPS) is 28.8. The maximum absolute atomic E-state index is 13.3. The van der Waals surface area contributed by atoms with Gasteiger partial charge in [-0.25, -0.2) is 0 Å². The van der Waals surface area contributed by atoms with Gasteiger partial charge in [-0.05, 0) is 67.3 Å². The molecule has 2 aliphatic carbocycles. The van der Waals surface area contributed by atoms with E-state index in [0.717, 1.165) is 38.0 Å². The van der Waals surface area contributed by atoms with Gasteiger partial charge in [-0.3, -0.25) is 9.78 Å². The third kappa shape index (κ3) is 3.31. The molecule has 2 aliphatic rings. The Balaban J connectivity index is 1.76. The van der Waals surface area contributed by atoms with E-state index in [-0.39, 0.29) is 10.5 Å². The summed E-state index contributed by atoms with van der Waals surface area (Å²) in [7, 11) is -1.72. The van der Waals surface area contributed by atoms with Crippen molar-refractivity contribution in [3.63, 3.8) is 0 Å². The van der Waals surface area contributed by atoms with Crippen molar-refractivity contribution in [3.05, 3.63) is 29.6 Å². The smallest absolute Gasteiger partial charge is 0.191 e. The molecule has 4 heteroatoms. The number of nitrogens with zero attached hydrogens (tertiary/aromatic N) is 1. The van der Waals surface area contributed by atoms with Crippen molar-refractivity contribution >= 4 is 14.1 Å². The number of hydrogen-bond acceptors (Lipinski definition) is 3. The molecule has 0 bridgehead atoms. The zero-order valence-electron chi connectivity index (χ0n) is 17.4. The molecule has 0 saturated heterocycles. The predicted octanol–water partition coefficient (Wildman–Crippen LogP) is 5.29. The Morgan fingerprint density at radius 3 is 2.73 bits per heavy atom. The van der Waals surface area contributed by atoms with Crippen LogP contribution in [-0.2, 0) is 21.1 Å². The fourth-order valence-electron chi connectivity index (χ4n) is 4.74. The van der Waals surface area contributed by atoms with Gasteiger partial charge in [0, 0.05) is 24.9 Å².